The SMILES string of the molecule is CC1(C)CCC(NC2(CN)CCC(C)(C)C2)C1. The third-order valence-corrected chi connectivity index (χ3v) is 4.97. The molecular formula is C15H30N2. The van der Waals surface area contributed by atoms with E-state index in [0.717, 1.165) is 6.54 Å². The third-order valence-electron chi connectivity index (χ3n) is 4.97. The molecule has 0 aromatic rings. The smallest absolute Gasteiger partial charge is 0.0311 e. The van der Waals surface area contributed by atoms with E-state index >= 15 is 0 Å². The zero-order valence-corrected chi connectivity index (χ0v) is 12.1. The summed E-state index contributed by atoms with van der Waals surface area (Å²) in [7, 11) is 0. The molecule has 0 aromatic heterocycles. The summed E-state index contributed by atoms with van der Waals surface area (Å²) in [5.41, 5.74) is 7.31. The van der Waals surface area contributed by atoms with Crippen molar-refractivity contribution in [1.29, 1.82) is 0 Å². The molecule has 0 aromatic carbocycles. The second kappa shape index (κ2) is 4.24. The van der Waals surface area contributed by atoms with Gasteiger partial charge in [0.25, 0.3) is 0 Å². The fourth-order valence-corrected chi connectivity index (χ4v) is 4.02. The van der Waals surface area contributed by atoms with Gasteiger partial charge in [-0.15, -0.1) is 0 Å². The molecule has 0 radical (unpaired) electrons. The van der Waals surface area contributed by atoms with Gasteiger partial charge in [0.15, 0.2) is 0 Å². The van der Waals surface area contributed by atoms with E-state index < -0.39 is 0 Å². The molecule has 0 saturated heterocycles. The van der Waals surface area contributed by atoms with Gasteiger partial charge in [-0.05, 0) is 49.4 Å². The summed E-state index contributed by atoms with van der Waals surface area (Å²) in [6.45, 7) is 10.3. The fraction of sp³-hybridized carbons (Fsp3) is 1.00. The topological polar surface area (TPSA) is 38.0 Å². The Morgan fingerprint density at radius 1 is 1.06 bits per heavy atom. The normalized spacial score (nSPS) is 39.7. The van der Waals surface area contributed by atoms with Crippen molar-refractivity contribution < 1.29 is 0 Å². The lowest BCUT2D eigenvalue weighted by Crippen LogP contribution is -2.53. The minimum Gasteiger partial charge on any atom is -0.329 e. The molecule has 3 N–H and O–H groups in total. The summed E-state index contributed by atoms with van der Waals surface area (Å²) in [5.74, 6) is 0. The standard InChI is InChI=1S/C15H30N2/c1-13(2)6-5-12(9-13)17-15(11-16)8-7-14(3,4)10-15/h12,17H,5-11,16H2,1-4H3. The van der Waals surface area contributed by atoms with Crippen LogP contribution in [-0.2, 0) is 0 Å². The van der Waals surface area contributed by atoms with Crippen molar-refractivity contribution in [3.63, 3.8) is 0 Å². The molecule has 100 valence electrons. The predicted octanol–water partition coefficient (Wildman–Crippen LogP) is 3.06. The maximum Gasteiger partial charge on any atom is 0.0311 e. The minimum atomic E-state index is 0.231. The summed E-state index contributed by atoms with van der Waals surface area (Å²) < 4.78 is 0. The summed E-state index contributed by atoms with van der Waals surface area (Å²) >= 11 is 0. The molecule has 2 aliphatic rings. The highest BCUT2D eigenvalue weighted by molar-refractivity contribution is 5.03. The van der Waals surface area contributed by atoms with Gasteiger partial charge in [0.1, 0.15) is 0 Å². The van der Waals surface area contributed by atoms with Gasteiger partial charge in [-0.3, -0.25) is 0 Å². The average molecular weight is 238 g/mol. The molecule has 0 heterocycles. The zero-order valence-electron chi connectivity index (χ0n) is 12.1. The summed E-state index contributed by atoms with van der Waals surface area (Å²) in [6, 6.07) is 0.697. The Kier molecular flexibility index (Phi) is 3.33. The van der Waals surface area contributed by atoms with E-state index in [1.165, 1.54) is 38.5 Å². The fourth-order valence-electron chi connectivity index (χ4n) is 4.02. The van der Waals surface area contributed by atoms with E-state index in [4.69, 9.17) is 5.73 Å². The number of hydrogen-bond acceptors (Lipinski definition) is 2. The van der Waals surface area contributed by atoms with Crippen LogP contribution in [0.25, 0.3) is 0 Å². The van der Waals surface area contributed by atoms with Crippen LogP contribution in [-0.4, -0.2) is 18.1 Å². The highest BCUT2D eigenvalue weighted by Crippen LogP contribution is 2.45. The number of nitrogens with one attached hydrogen (secondary N) is 1. The van der Waals surface area contributed by atoms with E-state index in [9.17, 15) is 0 Å². The van der Waals surface area contributed by atoms with Crippen molar-refractivity contribution in [3.8, 4) is 0 Å². The van der Waals surface area contributed by atoms with Crippen LogP contribution in [0.4, 0.5) is 0 Å². The first-order valence-corrected chi connectivity index (χ1v) is 7.24. The first-order chi connectivity index (χ1) is 7.76. The zero-order chi connectivity index (χ0) is 12.7. The maximum absolute atomic E-state index is 6.07. The molecule has 2 saturated carbocycles. The number of nitrogens with two attached hydrogens (primary N) is 1. The molecular weight excluding hydrogens is 208 g/mol. The number of rotatable bonds is 3. The highest BCUT2D eigenvalue weighted by Gasteiger charge is 2.44. The number of hydrogen-bond donors (Lipinski definition) is 2. The molecule has 17 heavy (non-hydrogen) atoms. The quantitative estimate of drug-likeness (QED) is 0.793. The lowest BCUT2D eigenvalue weighted by molar-refractivity contribution is 0.254. The van der Waals surface area contributed by atoms with Crippen molar-refractivity contribution in [2.75, 3.05) is 6.54 Å². The summed E-state index contributed by atoms with van der Waals surface area (Å²) in [6.07, 6.45) is 7.81. The molecule has 0 bridgehead atoms. The maximum atomic E-state index is 6.07. The molecule has 0 amide bonds. The van der Waals surface area contributed by atoms with Crippen LogP contribution >= 0.6 is 0 Å². The Hall–Kier alpha value is -0.0800. The Morgan fingerprint density at radius 2 is 1.76 bits per heavy atom. The molecule has 2 unspecified atom stereocenters. The van der Waals surface area contributed by atoms with Gasteiger partial charge in [0.2, 0.25) is 0 Å². The summed E-state index contributed by atoms with van der Waals surface area (Å²) in [5, 5.41) is 3.93. The minimum absolute atomic E-state index is 0.231. The van der Waals surface area contributed by atoms with Crippen molar-refractivity contribution in [2.45, 2.75) is 77.8 Å². The van der Waals surface area contributed by atoms with Crippen LogP contribution in [0.1, 0.15) is 66.2 Å². The molecule has 2 aliphatic carbocycles. The van der Waals surface area contributed by atoms with E-state index in [0.29, 0.717) is 16.9 Å². The molecule has 0 spiro atoms. The Bertz CT molecular complexity index is 283. The van der Waals surface area contributed by atoms with Crippen LogP contribution in [0.15, 0.2) is 0 Å². The first kappa shape index (κ1) is 13.4. The third kappa shape index (κ3) is 3.03. The van der Waals surface area contributed by atoms with Crippen LogP contribution < -0.4 is 11.1 Å². The monoisotopic (exact) mass is 238 g/mol. The predicted molar refractivity (Wildman–Crippen MR) is 74.0 cm³/mol. The Morgan fingerprint density at radius 3 is 2.18 bits per heavy atom. The lowest BCUT2D eigenvalue weighted by Gasteiger charge is -2.34. The van der Waals surface area contributed by atoms with Gasteiger partial charge in [0.05, 0.1) is 0 Å². The second-order valence-electron chi connectivity index (χ2n) is 8.07. The van der Waals surface area contributed by atoms with Gasteiger partial charge >= 0.3 is 0 Å². The molecule has 2 nitrogen and oxygen atoms in total. The van der Waals surface area contributed by atoms with Crippen LogP contribution in [0, 0.1) is 10.8 Å². The van der Waals surface area contributed by atoms with Crippen molar-refractivity contribution in [3.05, 3.63) is 0 Å². The molecule has 2 heteroatoms. The van der Waals surface area contributed by atoms with Gasteiger partial charge in [0, 0.05) is 18.1 Å². The van der Waals surface area contributed by atoms with Crippen LogP contribution in [0.2, 0.25) is 0 Å². The van der Waals surface area contributed by atoms with E-state index in [1.807, 2.05) is 0 Å². The van der Waals surface area contributed by atoms with Crippen molar-refractivity contribution in [2.24, 2.45) is 16.6 Å². The Balaban J connectivity index is 1.97. The van der Waals surface area contributed by atoms with E-state index in [-0.39, 0.29) is 5.54 Å². The molecule has 2 fully saturated rings. The second-order valence-corrected chi connectivity index (χ2v) is 8.07. The largest absolute Gasteiger partial charge is 0.329 e. The van der Waals surface area contributed by atoms with Gasteiger partial charge in [-0.2, -0.15) is 0 Å². The van der Waals surface area contributed by atoms with Crippen molar-refractivity contribution >= 4 is 0 Å². The van der Waals surface area contributed by atoms with Gasteiger partial charge in [-0.25, -0.2) is 0 Å². The average Bonchev–Trinajstić information content (AvgIpc) is 2.68. The van der Waals surface area contributed by atoms with Crippen LogP contribution in [0.3, 0.4) is 0 Å². The molecule has 2 atom stereocenters. The van der Waals surface area contributed by atoms with Gasteiger partial charge < -0.3 is 11.1 Å². The molecule has 2 rings (SSSR count). The van der Waals surface area contributed by atoms with E-state index in [1.54, 1.807) is 0 Å². The van der Waals surface area contributed by atoms with Crippen molar-refractivity contribution in [1.82, 2.24) is 5.32 Å². The first-order valence-electron chi connectivity index (χ1n) is 7.24. The highest BCUT2D eigenvalue weighted by atomic mass is 15.0. The van der Waals surface area contributed by atoms with E-state index in [2.05, 4.69) is 33.0 Å². The van der Waals surface area contributed by atoms with Gasteiger partial charge in [-0.1, -0.05) is 27.7 Å². The summed E-state index contributed by atoms with van der Waals surface area (Å²) in [4.78, 5) is 0. The lowest BCUT2D eigenvalue weighted by atomic mass is 9.86. The molecule has 0 aliphatic heterocycles. The Labute approximate surface area is 107 Å². The van der Waals surface area contributed by atoms with Crippen LogP contribution in [0.5, 0.6) is 0 Å².